The van der Waals surface area contributed by atoms with Crippen molar-refractivity contribution in [2.75, 3.05) is 5.32 Å². The van der Waals surface area contributed by atoms with Crippen molar-refractivity contribution < 1.29 is 9.53 Å². The maximum Gasteiger partial charge on any atom is 0.408 e. The first-order valence-electron chi connectivity index (χ1n) is 10.9. The number of benzene rings is 1. The van der Waals surface area contributed by atoms with Gasteiger partial charge in [-0.3, -0.25) is 4.98 Å². The van der Waals surface area contributed by atoms with Gasteiger partial charge in [-0.2, -0.15) is 5.26 Å². The van der Waals surface area contributed by atoms with Crippen molar-refractivity contribution in [2.45, 2.75) is 46.3 Å². The molecule has 0 radical (unpaired) electrons. The van der Waals surface area contributed by atoms with Crippen LogP contribution in [-0.2, 0) is 4.74 Å². The summed E-state index contributed by atoms with van der Waals surface area (Å²) < 4.78 is 5.33. The smallest absolute Gasteiger partial charge is 0.408 e. The van der Waals surface area contributed by atoms with Gasteiger partial charge in [-0.1, -0.05) is 12.1 Å². The van der Waals surface area contributed by atoms with Gasteiger partial charge in [-0.05, 0) is 71.0 Å². The number of hydrogen-bond acceptors (Lipinski definition) is 7. The van der Waals surface area contributed by atoms with Crippen molar-refractivity contribution in [3.8, 4) is 17.3 Å². The molecule has 1 unspecified atom stereocenters. The SMILES string of the molecule is Cc1cccc(Nc2cc(-c3cccc(C(C)NC(=O)OC(C)(C)C)n3)cc(C#N)c2C=N)n1. The quantitative estimate of drug-likeness (QED) is 0.412. The molecule has 3 N–H and O–H groups in total. The van der Waals surface area contributed by atoms with E-state index in [1.807, 2.05) is 56.3 Å². The molecule has 0 saturated heterocycles. The third-order valence-electron chi connectivity index (χ3n) is 4.84. The predicted molar refractivity (Wildman–Crippen MR) is 132 cm³/mol. The minimum atomic E-state index is -0.598. The van der Waals surface area contributed by atoms with Crippen molar-refractivity contribution in [2.24, 2.45) is 0 Å². The number of ether oxygens (including phenoxy) is 1. The Bertz CT molecular complexity index is 1260. The number of nitriles is 1. The summed E-state index contributed by atoms with van der Waals surface area (Å²) in [6.07, 6.45) is 0.628. The fraction of sp³-hybridized carbons (Fsp3) is 0.269. The van der Waals surface area contributed by atoms with E-state index in [0.29, 0.717) is 39.6 Å². The zero-order chi connectivity index (χ0) is 24.9. The second kappa shape index (κ2) is 10.1. The van der Waals surface area contributed by atoms with Crippen LogP contribution in [0.2, 0.25) is 0 Å². The van der Waals surface area contributed by atoms with E-state index in [4.69, 9.17) is 15.1 Å². The first-order chi connectivity index (χ1) is 16.1. The number of amides is 1. The lowest BCUT2D eigenvalue weighted by Gasteiger charge is -2.22. The monoisotopic (exact) mass is 456 g/mol. The lowest BCUT2D eigenvalue weighted by molar-refractivity contribution is 0.0507. The standard InChI is InChI=1S/C26H28N6O2/c1-16-8-6-11-24(29-16)32-23-13-18(12-19(14-27)20(23)15-28)22-10-7-9-21(31-22)17(2)30-25(33)34-26(3,4)5/h6-13,15,17,28H,1-5H3,(H,29,32)(H,30,33). The molecular weight excluding hydrogens is 428 g/mol. The number of alkyl carbamates (subject to hydrolysis) is 1. The summed E-state index contributed by atoms with van der Waals surface area (Å²) in [5.41, 5.74) is 3.60. The Hall–Kier alpha value is -4.25. The minimum Gasteiger partial charge on any atom is -0.444 e. The van der Waals surface area contributed by atoms with Gasteiger partial charge in [0.15, 0.2) is 0 Å². The van der Waals surface area contributed by atoms with Crippen LogP contribution in [-0.4, -0.2) is 27.9 Å². The highest BCUT2D eigenvalue weighted by Crippen LogP contribution is 2.29. The van der Waals surface area contributed by atoms with E-state index in [0.717, 1.165) is 11.9 Å². The van der Waals surface area contributed by atoms with Gasteiger partial charge >= 0.3 is 6.09 Å². The number of aryl methyl sites for hydroxylation is 1. The Morgan fingerprint density at radius 2 is 1.91 bits per heavy atom. The van der Waals surface area contributed by atoms with Crippen LogP contribution in [0.3, 0.4) is 0 Å². The van der Waals surface area contributed by atoms with Crippen molar-refractivity contribution in [1.29, 1.82) is 10.7 Å². The summed E-state index contributed by atoms with van der Waals surface area (Å²) in [7, 11) is 0. The van der Waals surface area contributed by atoms with Crippen molar-refractivity contribution in [3.63, 3.8) is 0 Å². The zero-order valence-electron chi connectivity index (χ0n) is 19.9. The maximum absolute atomic E-state index is 12.2. The number of rotatable bonds is 6. The number of nitrogens with zero attached hydrogens (tertiary/aromatic N) is 3. The van der Waals surface area contributed by atoms with Crippen LogP contribution in [0.5, 0.6) is 0 Å². The molecule has 2 heterocycles. The Labute approximate surface area is 199 Å². The number of anilines is 2. The summed E-state index contributed by atoms with van der Waals surface area (Å²) in [6.45, 7) is 9.13. The van der Waals surface area contributed by atoms with Crippen molar-refractivity contribution in [3.05, 3.63) is 71.0 Å². The lowest BCUT2D eigenvalue weighted by Crippen LogP contribution is -2.34. The molecule has 8 nitrogen and oxygen atoms in total. The number of nitrogens with one attached hydrogen (secondary N) is 3. The number of pyridine rings is 2. The van der Waals surface area contributed by atoms with Gasteiger partial charge in [0.05, 0.1) is 34.7 Å². The number of carbonyl (C=O) groups is 1. The molecule has 0 aliphatic carbocycles. The third-order valence-corrected chi connectivity index (χ3v) is 4.84. The summed E-state index contributed by atoms with van der Waals surface area (Å²) in [5, 5.41) is 23.6. The van der Waals surface area contributed by atoms with Gasteiger partial charge in [-0.25, -0.2) is 9.78 Å². The number of hydrogen-bond donors (Lipinski definition) is 3. The van der Waals surface area contributed by atoms with E-state index in [-0.39, 0.29) is 6.04 Å². The summed E-state index contributed by atoms with van der Waals surface area (Å²) in [4.78, 5) is 21.3. The largest absolute Gasteiger partial charge is 0.444 e. The van der Waals surface area contributed by atoms with Crippen LogP contribution in [0.25, 0.3) is 11.3 Å². The van der Waals surface area contributed by atoms with Crippen molar-refractivity contribution >= 4 is 23.8 Å². The topological polar surface area (TPSA) is 124 Å². The summed E-state index contributed by atoms with van der Waals surface area (Å²) >= 11 is 0. The van der Waals surface area contributed by atoms with E-state index in [9.17, 15) is 10.1 Å². The molecule has 0 fully saturated rings. The van der Waals surface area contributed by atoms with E-state index in [1.165, 1.54) is 0 Å². The molecule has 0 bridgehead atoms. The highest BCUT2D eigenvalue weighted by molar-refractivity contribution is 5.92. The molecule has 0 aliphatic heterocycles. The van der Waals surface area contributed by atoms with Crippen LogP contribution in [0.4, 0.5) is 16.3 Å². The number of aromatic nitrogens is 2. The molecule has 34 heavy (non-hydrogen) atoms. The van der Waals surface area contributed by atoms with Gasteiger partial charge in [0.2, 0.25) is 0 Å². The molecule has 2 aromatic heterocycles. The molecule has 0 spiro atoms. The fourth-order valence-corrected chi connectivity index (χ4v) is 3.31. The third kappa shape index (κ3) is 6.17. The highest BCUT2D eigenvalue weighted by atomic mass is 16.6. The summed E-state index contributed by atoms with van der Waals surface area (Å²) in [5.74, 6) is 0.612. The molecule has 3 aromatic rings. The summed E-state index contributed by atoms with van der Waals surface area (Å²) in [6, 6.07) is 16.4. The normalized spacial score (nSPS) is 11.8. The van der Waals surface area contributed by atoms with E-state index in [1.54, 1.807) is 26.8 Å². The Morgan fingerprint density at radius 1 is 1.18 bits per heavy atom. The fourth-order valence-electron chi connectivity index (χ4n) is 3.31. The van der Waals surface area contributed by atoms with Gasteiger partial charge in [0, 0.05) is 23.0 Å². The molecule has 0 saturated carbocycles. The average Bonchev–Trinajstić information content (AvgIpc) is 2.77. The van der Waals surface area contributed by atoms with Crippen LogP contribution < -0.4 is 10.6 Å². The molecule has 1 atom stereocenters. The molecule has 174 valence electrons. The van der Waals surface area contributed by atoms with Crippen molar-refractivity contribution in [1.82, 2.24) is 15.3 Å². The average molecular weight is 457 g/mol. The molecule has 1 amide bonds. The molecule has 1 aromatic carbocycles. The Balaban J connectivity index is 1.96. The first-order valence-corrected chi connectivity index (χ1v) is 10.9. The Kier molecular flexibility index (Phi) is 7.27. The van der Waals surface area contributed by atoms with Gasteiger partial charge in [-0.15, -0.1) is 0 Å². The van der Waals surface area contributed by atoms with E-state index >= 15 is 0 Å². The van der Waals surface area contributed by atoms with E-state index < -0.39 is 11.7 Å². The predicted octanol–water partition coefficient (Wildman–Crippen LogP) is 5.65. The first kappa shape index (κ1) is 24.4. The second-order valence-corrected chi connectivity index (χ2v) is 8.85. The van der Waals surface area contributed by atoms with Gasteiger partial charge in [0.1, 0.15) is 11.4 Å². The van der Waals surface area contributed by atoms with E-state index in [2.05, 4.69) is 21.7 Å². The minimum absolute atomic E-state index is 0.342. The number of carbonyl (C=O) groups excluding carboxylic acids is 1. The maximum atomic E-state index is 12.2. The molecule has 0 aliphatic rings. The van der Waals surface area contributed by atoms with Crippen LogP contribution >= 0.6 is 0 Å². The Morgan fingerprint density at radius 3 is 2.56 bits per heavy atom. The van der Waals surface area contributed by atoms with Crippen LogP contribution in [0.15, 0.2) is 48.5 Å². The lowest BCUT2D eigenvalue weighted by atomic mass is 10.00. The van der Waals surface area contributed by atoms with Gasteiger partial charge in [0.25, 0.3) is 0 Å². The zero-order valence-corrected chi connectivity index (χ0v) is 19.9. The van der Waals surface area contributed by atoms with Crippen LogP contribution in [0.1, 0.15) is 56.3 Å². The second-order valence-electron chi connectivity index (χ2n) is 8.85. The van der Waals surface area contributed by atoms with Crippen LogP contribution in [0, 0.1) is 23.7 Å². The molecular formula is C26H28N6O2. The molecule has 3 rings (SSSR count). The van der Waals surface area contributed by atoms with Gasteiger partial charge < -0.3 is 20.8 Å². The molecule has 8 heteroatoms. The highest BCUT2D eigenvalue weighted by Gasteiger charge is 2.19.